The zero-order valence-electron chi connectivity index (χ0n) is 12.0. The fourth-order valence-corrected chi connectivity index (χ4v) is 2.71. The van der Waals surface area contributed by atoms with Gasteiger partial charge in [-0.3, -0.25) is 0 Å². The Morgan fingerprint density at radius 3 is 2.65 bits per heavy atom. The van der Waals surface area contributed by atoms with Crippen molar-refractivity contribution >= 4 is 27.5 Å². The van der Waals surface area contributed by atoms with Gasteiger partial charge in [-0.25, -0.2) is 4.68 Å². The molecule has 0 spiro atoms. The monoisotopic (exact) mass is 355 g/mol. The third kappa shape index (κ3) is 2.92. The number of aryl methyl sites for hydroxylation is 1. The maximum absolute atomic E-state index is 6.37. The van der Waals surface area contributed by atoms with E-state index in [9.17, 15) is 0 Å². The smallest absolute Gasteiger partial charge is 0.0743 e. The number of benzene rings is 1. The van der Waals surface area contributed by atoms with Crippen LogP contribution >= 0.6 is 27.5 Å². The van der Waals surface area contributed by atoms with Crippen LogP contribution in [-0.2, 0) is 6.42 Å². The molecule has 0 bridgehead atoms. The highest BCUT2D eigenvalue weighted by molar-refractivity contribution is 9.10. The van der Waals surface area contributed by atoms with Gasteiger partial charge in [0, 0.05) is 11.1 Å². The molecule has 3 nitrogen and oxygen atoms in total. The van der Waals surface area contributed by atoms with Crippen LogP contribution in [0.1, 0.15) is 30.3 Å². The summed E-state index contributed by atoms with van der Waals surface area (Å²) in [6, 6.07) is 6.00. The second kappa shape index (κ2) is 6.29. The van der Waals surface area contributed by atoms with E-state index in [-0.39, 0.29) is 6.04 Å². The van der Waals surface area contributed by atoms with Crippen molar-refractivity contribution in [1.82, 2.24) is 9.78 Å². The van der Waals surface area contributed by atoms with Crippen LogP contribution in [0.5, 0.6) is 0 Å². The zero-order chi connectivity index (χ0) is 14.9. The quantitative estimate of drug-likeness (QED) is 0.893. The molecule has 2 N–H and O–H groups in total. The number of nitrogens with zero attached hydrogens (tertiary/aromatic N) is 2. The topological polar surface area (TPSA) is 43.8 Å². The Morgan fingerprint density at radius 2 is 2.10 bits per heavy atom. The summed E-state index contributed by atoms with van der Waals surface area (Å²) in [7, 11) is 0. The van der Waals surface area contributed by atoms with Gasteiger partial charge in [0.2, 0.25) is 0 Å². The molecule has 0 amide bonds. The van der Waals surface area contributed by atoms with Gasteiger partial charge in [-0.05, 0) is 60.3 Å². The minimum absolute atomic E-state index is 0.106. The Hall–Kier alpha value is -0.840. The lowest BCUT2D eigenvalue weighted by atomic mass is 10.0. The summed E-state index contributed by atoms with van der Waals surface area (Å²) >= 11 is 9.93. The maximum atomic E-state index is 6.37. The SMILES string of the molecule is CCC(N)Cc1c(Cl)cccc1-n1nc(C)c(Br)c1C. The molecule has 0 aliphatic rings. The van der Waals surface area contributed by atoms with E-state index in [1.54, 1.807) is 0 Å². The lowest BCUT2D eigenvalue weighted by molar-refractivity contribution is 0.641. The van der Waals surface area contributed by atoms with Gasteiger partial charge in [0.25, 0.3) is 0 Å². The molecule has 2 rings (SSSR count). The Balaban J connectivity index is 2.56. The molecule has 0 saturated carbocycles. The standard InChI is InChI=1S/C15H19BrClN3/c1-4-11(18)8-12-13(17)6-5-7-14(12)20-10(3)15(16)9(2)19-20/h5-7,11H,4,8,18H2,1-3H3. The summed E-state index contributed by atoms with van der Waals surface area (Å²) in [5, 5.41) is 5.33. The number of nitrogens with two attached hydrogens (primary N) is 1. The fraction of sp³-hybridized carbons (Fsp3) is 0.400. The first kappa shape index (κ1) is 15.5. The first-order chi connectivity index (χ1) is 9.45. The molecule has 1 aromatic carbocycles. The molecular weight excluding hydrogens is 338 g/mol. The Labute approximate surface area is 133 Å². The van der Waals surface area contributed by atoms with E-state index in [2.05, 4.69) is 28.0 Å². The second-order valence-electron chi connectivity index (χ2n) is 5.01. The van der Waals surface area contributed by atoms with E-state index >= 15 is 0 Å². The maximum Gasteiger partial charge on any atom is 0.0743 e. The van der Waals surface area contributed by atoms with Gasteiger partial charge >= 0.3 is 0 Å². The highest BCUT2D eigenvalue weighted by Gasteiger charge is 2.16. The van der Waals surface area contributed by atoms with Gasteiger partial charge in [-0.2, -0.15) is 5.10 Å². The van der Waals surface area contributed by atoms with Crippen LogP contribution < -0.4 is 5.73 Å². The lowest BCUT2D eigenvalue weighted by Gasteiger charge is -2.16. The van der Waals surface area contributed by atoms with Gasteiger partial charge in [0.1, 0.15) is 0 Å². The van der Waals surface area contributed by atoms with Crippen molar-refractivity contribution in [2.75, 3.05) is 0 Å². The third-order valence-electron chi connectivity index (χ3n) is 3.52. The molecule has 1 heterocycles. The van der Waals surface area contributed by atoms with E-state index in [4.69, 9.17) is 17.3 Å². The molecule has 1 aromatic heterocycles. The van der Waals surface area contributed by atoms with E-state index < -0.39 is 0 Å². The van der Waals surface area contributed by atoms with Crippen LogP contribution in [0.2, 0.25) is 5.02 Å². The largest absolute Gasteiger partial charge is 0.327 e. The third-order valence-corrected chi connectivity index (χ3v) is 5.02. The van der Waals surface area contributed by atoms with Crippen LogP contribution in [0, 0.1) is 13.8 Å². The van der Waals surface area contributed by atoms with Crippen LogP contribution in [0.4, 0.5) is 0 Å². The van der Waals surface area contributed by atoms with Crippen LogP contribution in [0.25, 0.3) is 5.69 Å². The minimum atomic E-state index is 0.106. The Kier molecular flexibility index (Phi) is 4.89. The summed E-state index contributed by atoms with van der Waals surface area (Å²) in [4.78, 5) is 0. The highest BCUT2D eigenvalue weighted by atomic mass is 79.9. The second-order valence-corrected chi connectivity index (χ2v) is 6.21. The van der Waals surface area contributed by atoms with E-state index in [0.29, 0.717) is 0 Å². The number of halogens is 2. The molecule has 108 valence electrons. The van der Waals surface area contributed by atoms with Crippen LogP contribution in [0.3, 0.4) is 0 Å². The molecular formula is C15H19BrClN3. The van der Waals surface area contributed by atoms with Crippen molar-refractivity contribution in [1.29, 1.82) is 0 Å². The summed E-state index contributed by atoms with van der Waals surface area (Å²) < 4.78 is 2.96. The molecule has 0 saturated heterocycles. The molecule has 0 fully saturated rings. The van der Waals surface area contributed by atoms with Gasteiger partial charge < -0.3 is 5.73 Å². The summed E-state index contributed by atoms with van der Waals surface area (Å²) in [5.41, 5.74) is 10.2. The molecule has 1 atom stereocenters. The lowest BCUT2D eigenvalue weighted by Crippen LogP contribution is -2.22. The average molecular weight is 357 g/mol. The van der Waals surface area contributed by atoms with E-state index in [1.807, 2.05) is 36.7 Å². The average Bonchev–Trinajstić information content (AvgIpc) is 2.68. The number of aromatic nitrogens is 2. The van der Waals surface area contributed by atoms with Crippen molar-refractivity contribution < 1.29 is 0 Å². The van der Waals surface area contributed by atoms with Crippen LogP contribution in [0.15, 0.2) is 22.7 Å². The molecule has 5 heteroatoms. The predicted molar refractivity (Wildman–Crippen MR) is 87.7 cm³/mol. The van der Waals surface area contributed by atoms with Gasteiger partial charge in [0.15, 0.2) is 0 Å². The fourth-order valence-electron chi connectivity index (χ4n) is 2.21. The van der Waals surface area contributed by atoms with Crippen LogP contribution in [-0.4, -0.2) is 15.8 Å². The molecule has 0 aliphatic carbocycles. The zero-order valence-corrected chi connectivity index (χ0v) is 14.3. The highest BCUT2D eigenvalue weighted by Crippen LogP contribution is 2.29. The normalized spacial score (nSPS) is 12.7. The number of hydrogen-bond donors (Lipinski definition) is 1. The van der Waals surface area contributed by atoms with Crippen molar-refractivity contribution in [3.63, 3.8) is 0 Å². The molecule has 0 radical (unpaired) electrons. The minimum Gasteiger partial charge on any atom is -0.327 e. The summed E-state index contributed by atoms with van der Waals surface area (Å²) in [6.45, 7) is 6.10. The molecule has 1 unspecified atom stereocenters. The first-order valence-corrected chi connectivity index (χ1v) is 7.87. The molecule has 20 heavy (non-hydrogen) atoms. The summed E-state index contributed by atoms with van der Waals surface area (Å²) in [6.07, 6.45) is 1.67. The number of hydrogen-bond acceptors (Lipinski definition) is 2. The summed E-state index contributed by atoms with van der Waals surface area (Å²) in [5.74, 6) is 0. The Bertz CT molecular complexity index is 622. The predicted octanol–water partition coefficient (Wildman–Crippen LogP) is 4.18. The van der Waals surface area contributed by atoms with Crippen molar-refractivity contribution in [3.05, 3.63) is 44.6 Å². The van der Waals surface area contributed by atoms with Gasteiger partial charge in [-0.1, -0.05) is 24.6 Å². The van der Waals surface area contributed by atoms with E-state index in [0.717, 1.165) is 45.0 Å². The first-order valence-electron chi connectivity index (χ1n) is 6.70. The number of rotatable bonds is 4. The van der Waals surface area contributed by atoms with Crippen molar-refractivity contribution in [2.45, 2.75) is 39.7 Å². The molecule has 2 aromatic rings. The Morgan fingerprint density at radius 1 is 1.40 bits per heavy atom. The van der Waals surface area contributed by atoms with Crippen molar-refractivity contribution in [2.24, 2.45) is 5.73 Å². The van der Waals surface area contributed by atoms with Gasteiger partial charge in [0.05, 0.1) is 21.5 Å². The van der Waals surface area contributed by atoms with Crippen molar-refractivity contribution in [3.8, 4) is 5.69 Å². The van der Waals surface area contributed by atoms with Gasteiger partial charge in [-0.15, -0.1) is 0 Å². The van der Waals surface area contributed by atoms with E-state index in [1.165, 1.54) is 0 Å². The molecule has 0 aliphatic heterocycles.